The molecule has 11 nitrogen and oxygen atoms in total. The van der Waals surface area contributed by atoms with Crippen LogP contribution in [0.25, 0.3) is 22.1 Å². The molecule has 444 valence electrons. The van der Waals surface area contributed by atoms with Gasteiger partial charge in [-0.3, -0.25) is 19.6 Å². The third-order valence-corrected chi connectivity index (χ3v) is 23.0. The minimum absolute atomic E-state index is 0.0364. The molecule has 6 saturated heterocycles. The summed E-state index contributed by atoms with van der Waals surface area (Å²) in [7, 11) is 0. The lowest BCUT2D eigenvalue weighted by atomic mass is 9.69. The van der Waals surface area contributed by atoms with Gasteiger partial charge in [-0.05, 0) is 214 Å². The van der Waals surface area contributed by atoms with Crippen molar-refractivity contribution in [3.05, 3.63) is 180 Å². The number of fused-ring (bicyclic) bond motifs is 6. The van der Waals surface area contributed by atoms with Crippen LogP contribution >= 0.6 is 0 Å². The average molecular weight is 1140 g/mol. The first-order valence-corrected chi connectivity index (χ1v) is 32.8. The van der Waals surface area contributed by atoms with Crippen molar-refractivity contribution in [2.45, 2.75) is 201 Å². The quantitative estimate of drug-likeness (QED) is 0.0780. The molecule has 6 unspecified atom stereocenters. The van der Waals surface area contributed by atoms with Crippen LogP contribution in [0.2, 0.25) is 0 Å². The van der Waals surface area contributed by atoms with Crippen LogP contribution < -0.4 is 0 Å². The highest BCUT2D eigenvalue weighted by Crippen LogP contribution is 2.50. The summed E-state index contributed by atoms with van der Waals surface area (Å²) in [5, 5.41) is 0. The topological polar surface area (TPSA) is 92.0 Å². The van der Waals surface area contributed by atoms with Crippen LogP contribution in [0.3, 0.4) is 0 Å². The summed E-state index contributed by atoms with van der Waals surface area (Å²) in [5.41, 5.74) is 8.48. The van der Waals surface area contributed by atoms with Gasteiger partial charge in [-0.1, -0.05) is 121 Å². The zero-order valence-electron chi connectivity index (χ0n) is 51.0. The van der Waals surface area contributed by atoms with E-state index in [1.807, 2.05) is 0 Å². The number of hydrogen-bond donors (Lipinski definition) is 0. The summed E-state index contributed by atoms with van der Waals surface area (Å²) < 4.78 is 13.0. The highest BCUT2D eigenvalue weighted by atomic mass is 16.5. The standard InChI is InChI=1S/C74H90N8O3/c1-53-75-65-23-11-13-25-67(65)81(53)63-49-59-27-28-60(50-63)79(59)45-39-73(57-19-7-5-8-20-57)35-41-77(42-36-73)69-55(31-47-83)17-15-33-71(69,3)85-72(4)34-16-18-56(32-48-84)70(72)78-43-37-74(38-44-78,58-21-9-6-10-22-58)40-46-80-61-29-30-62(80)52-64(51-61)82-54(2)76-66-24-12-14-26-68(66)82/h5-26,33-34,47-48,59-64,69-70H,27-32,35-46,49-52H2,1-4H3/t59-,60+,61-,62+,63?,64?,69?,70?,71?,72?. The third kappa shape index (κ3) is 10.4. The molecule has 8 heterocycles. The SMILES string of the molecule is Cc1nc2ccccc2n1C1C[C@H]2CC[C@@H](C1)N2CCC1(c2ccccc2)CCN(C2C(CC=O)=CC=CC2(C)OC2(C)C=CC=C(CC=O)C2N2CCC(CCN3[C@@H]4CC[C@H]3CC(n3c(C)nc5ccccc53)C4)(c3ccccc3)CC2)CC1. The van der Waals surface area contributed by atoms with E-state index >= 15 is 0 Å². The number of para-hydroxylation sites is 4. The van der Waals surface area contributed by atoms with Crippen molar-refractivity contribution in [2.24, 2.45) is 0 Å². The van der Waals surface area contributed by atoms with Gasteiger partial charge >= 0.3 is 0 Å². The maximum absolute atomic E-state index is 12.7. The molecule has 0 amide bonds. The van der Waals surface area contributed by atoms with E-state index in [4.69, 9.17) is 14.7 Å². The maximum atomic E-state index is 12.7. The second kappa shape index (κ2) is 23.2. The summed E-state index contributed by atoms with van der Waals surface area (Å²) in [6.45, 7) is 14.8. The lowest BCUT2D eigenvalue weighted by molar-refractivity contribution is -0.151. The molecule has 6 aromatic rings. The molecule has 14 rings (SSSR count). The van der Waals surface area contributed by atoms with E-state index in [1.165, 1.54) is 73.5 Å². The Morgan fingerprint density at radius 1 is 0.494 bits per heavy atom. The Bertz CT molecular complexity index is 3250. The number of aryl methyl sites for hydroxylation is 2. The monoisotopic (exact) mass is 1140 g/mol. The Morgan fingerprint density at radius 3 is 1.24 bits per heavy atom. The van der Waals surface area contributed by atoms with Crippen LogP contribution in [0, 0.1) is 13.8 Å². The fourth-order valence-electron chi connectivity index (χ4n) is 19.2. The van der Waals surface area contributed by atoms with Gasteiger partial charge in [0.05, 0.1) is 34.2 Å². The molecule has 0 radical (unpaired) electrons. The van der Waals surface area contributed by atoms with E-state index in [1.54, 1.807) is 0 Å². The first-order valence-electron chi connectivity index (χ1n) is 32.8. The number of piperidine rings is 4. The zero-order chi connectivity index (χ0) is 57.9. The van der Waals surface area contributed by atoms with Crippen LogP contribution in [0.15, 0.2) is 157 Å². The predicted octanol–water partition coefficient (Wildman–Crippen LogP) is 13.3. The van der Waals surface area contributed by atoms with Crippen molar-refractivity contribution >= 4 is 34.6 Å². The number of likely N-dealkylation sites (tertiary alicyclic amines) is 2. The van der Waals surface area contributed by atoms with Gasteiger partial charge in [0.25, 0.3) is 0 Å². The van der Waals surface area contributed by atoms with Crippen LogP contribution in [0.1, 0.15) is 151 Å². The van der Waals surface area contributed by atoms with Crippen molar-refractivity contribution in [2.75, 3.05) is 39.3 Å². The summed E-state index contributed by atoms with van der Waals surface area (Å²) in [6, 6.07) is 43.3. The van der Waals surface area contributed by atoms with E-state index in [2.05, 4.69) is 202 Å². The predicted molar refractivity (Wildman–Crippen MR) is 341 cm³/mol. The number of allylic oxidation sites excluding steroid dienone is 4. The number of imidazole rings is 2. The molecule has 11 heteroatoms. The summed E-state index contributed by atoms with van der Waals surface area (Å²) in [5.74, 6) is 2.28. The Hall–Kier alpha value is -6.08. The third-order valence-electron chi connectivity index (χ3n) is 23.0. The van der Waals surface area contributed by atoms with Crippen LogP contribution in [0.4, 0.5) is 0 Å². The molecule has 85 heavy (non-hydrogen) atoms. The molecule has 6 fully saturated rings. The number of aromatic nitrogens is 4. The average Bonchev–Trinajstić information content (AvgIpc) is 4.02. The minimum Gasteiger partial charge on any atom is -0.357 e. The van der Waals surface area contributed by atoms with E-state index in [9.17, 15) is 9.59 Å². The minimum atomic E-state index is -0.761. The van der Waals surface area contributed by atoms with E-state index in [0.717, 1.165) is 124 Å². The molecule has 4 aromatic carbocycles. The van der Waals surface area contributed by atoms with Gasteiger partial charge in [-0.25, -0.2) is 9.97 Å². The fourth-order valence-corrected chi connectivity index (χ4v) is 19.2. The lowest BCUT2D eigenvalue weighted by Gasteiger charge is -2.55. The molecular weight excluding hydrogens is 1050 g/mol. The number of carbonyl (C=O) groups excluding carboxylic acids is 2. The Labute approximate surface area is 504 Å². The lowest BCUT2D eigenvalue weighted by Crippen LogP contribution is -2.64. The number of benzene rings is 4. The highest BCUT2D eigenvalue weighted by molar-refractivity contribution is 5.77. The van der Waals surface area contributed by atoms with Crippen molar-refractivity contribution in [1.82, 2.24) is 38.7 Å². The highest BCUT2D eigenvalue weighted by Gasteiger charge is 2.53. The number of nitrogens with zero attached hydrogens (tertiary/aromatic N) is 8. The molecule has 2 aromatic heterocycles. The van der Waals surface area contributed by atoms with Gasteiger partial charge in [-0.2, -0.15) is 0 Å². The van der Waals surface area contributed by atoms with Crippen molar-refractivity contribution in [3.8, 4) is 0 Å². The Kier molecular flexibility index (Phi) is 15.5. The summed E-state index contributed by atoms with van der Waals surface area (Å²) >= 11 is 0. The first-order chi connectivity index (χ1) is 41.5. The van der Waals surface area contributed by atoms with E-state index in [-0.39, 0.29) is 22.9 Å². The van der Waals surface area contributed by atoms with Gasteiger partial charge < -0.3 is 23.5 Å². The first kappa shape index (κ1) is 56.7. The van der Waals surface area contributed by atoms with Gasteiger partial charge in [0, 0.05) is 49.1 Å². The van der Waals surface area contributed by atoms with Gasteiger partial charge in [0.1, 0.15) is 35.4 Å². The number of rotatable bonds is 18. The number of hydrogen-bond acceptors (Lipinski definition) is 9. The van der Waals surface area contributed by atoms with Crippen LogP contribution in [-0.4, -0.2) is 138 Å². The van der Waals surface area contributed by atoms with Crippen LogP contribution in [-0.2, 0) is 25.2 Å². The number of ether oxygens (including phenoxy) is 1. The molecule has 4 bridgehead atoms. The summed E-state index contributed by atoms with van der Waals surface area (Å²) in [4.78, 5) is 46.6. The molecule has 0 saturated carbocycles. The Balaban J connectivity index is 0.681. The number of carbonyl (C=O) groups is 2. The molecule has 10 atom stereocenters. The molecule has 0 spiro atoms. The second-order valence-corrected chi connectivity index (χ2v) is 27.6. The van der Waals surface area contributed by atoms with E-state index in [0.29, 0.717) is 49.1 Å². The molecule has 2 aliphatic carbocycles. The van der Waals surface area contributed by atoms with Gasteiger partial charge in [-0.15, -0.1) is 0 Å². The van der Waals surface area contributed by atoms with Gasteiger partial charge in [0.2, 0.25) is 0 Å². The smallest absolute Gasteiger partial charge is 0.124 e. The van der Waals surface area contributed by atoms with E-state index < -0.39 is 11.2 Å². The molecule has 6 aliphatic heterocycles. The molecular formula is C74H90N8O3. The van der Waals surface area contributed by atoms with Crippen LogP contribution in [0.5, 0.6) is 0 Å². The number of aldehydes is 2. The summed E-state index contributed by atoms with van der Waals surface area (Å²) in [6.07, 6.45) is 32.4. The molecule has 8 aliphatic rings. The maximum Gasteiger partial charge on any atom is 0.124 e. The van der Waals surface area contributed by atoms with Gasteiger partial charge in [0.15, 0.2) is 0 Å². The normalized spacial score (nSPS) is 31.3. The van der Waals surface area contributed by atoms with Crippen molar-refractivity contribution < 1.29 is 14.3 Å². The second-order valence-electron chi connectivity index (χ2n) is 27.6. The van der Waals surface area contributed by atoms with Crippen molar-refractivity contribution in [3.63, 3.8) is 0 Å². The largest absolute Gasteiger partial charge is 0.357 e. The van der Waals surface area contributed by atoms with Crippen molar-refractivity contribution in [1.29, 1.82) is 0 Å². The molecule has 0 N–H and O–H groups in total. The fraction of sp³-hybridized carbons (Fsp3) is 0.514. The zero-order valence-corrected chi connectivity index (χ0v) is 51.0. The Morgan fingerprint density at radius 2 is 0.859 bits per heavy atom.